The van der Waals surface area contributed by atoms with Crippen LogP contribution in [0.1, 0.15) is 62.9 Å². The van der Waals surface area contributed by atoms with E-state index in [4.69, 9.17) is 23.7 Å². The van der Waals surface area contributed by atoms with Crippen molar-refractivity contribution >= 4 is 0 Å². The lowest BCUT2D eigenvalue weighted by Gasteiger charge is -2.47. The van der Waals surface area contributed by atoms with Crippen LogP contribution in [0.3, 0.4) is 0 Å². The summed E-state index contributed by atoms with van der Waals surface area (Å²) in [6.45, 7) is 3.47. The van der Waals surface area contributed by atoms with Gasteiger partial charge in [0.1, 0.15) is 24.4 Å². The molecule has 6 heteroatoms. The van der Waals surface area contributed by atoms with Gasteiger partial charge in [0.15, 0.2) is 12.6 Å². The Balaban J connectivity index is 1.38. The topological polar surface area (TPSA) is 66.4 Å². The molecule has 0 radical (unpaired) electrons. The lowest BCUT2D eigenvalue weighted by Crippen LogP contribution is -2.62. The van der Waals surface area contributed by atoms with E-state index in [2.05, 4.69) is 6.92 Å². The number of hydrogen-bond donors (Lipinski definition) is 1. The van der Waals surface area contributed by atoms with Crippen molar-refractivity contribution in [2.75, 3.05) is 13.2 Å². The molecule has 2 aromatic carbocycles. The van der Waals surface area contributed by atoms with Gasteiger partial charge in [0, 0.05) is 12.2 Å². The average Bonchev–Trinajstić information content (AvgIpc) is 2.89. The molecule has 0 spiro atoms. The molecule has 2 fully saturated rings. The molecular weight excluding hydrogens is 432 g/mol. The van der Waals surface area contributed by atoms with Crippen LogP contribution in [-0.4, -0.2) is 49.0 Å². The van der Waals surface area contributed by atoms with Gasteiger partial charge in [-0.25, -0.2) is 0 Å². The Bertz CT molecular complexity index is 816. The molecule has 2 aliphatic rings. The molecule has 6 nitrogen and oxygen atoms in total. The number of unbranched alkanes of at least 4 members (excludes halogenated alkanes) is 5. The minimum absolute atomic E-state index is 0.323. The molecule has 2 heterocycles. The van der Waals surface area contributed by atoms with E-state index in [1.54, 1.807) is 0 Å². The SMILES string of the molecule is CCCCCCCCO[C@H]1O[C@@H]2COC(c3ccccc3)O[C@H]2[C@H](O)[C@H]1OCc1ccccc1. The van der Waals surface area contributed by atoms with Crippen molar-refractivity contribution < 1.29 is 28.8 Å². The van der Waals surface area contributed by atoms with Crippen molar-refractivity contribution in [2.24, 2.45) is 0 Å². The molecule has 0 aliphatic carbocycles. The zero-order valence-electron chi connectivity index (χ0n) is 20.1. The second-order valence-corrected chi connectivity index (χ2v) is 9.11. The predicted molar refractivity (Wildman–Crippen MR) is 129 cm³/mol. The normalized spacial score (nSPS) is 29.0. The van der Waals surface area contributed by atoms with Gasteiger partial charge < -0.3 is 28.8 Å². The molecule has 0 aromatic heterocycles. The summed E-state index contributed by atoms with van der Waals surface area (Å²) in [7, 11) is 0. The summed E-state index contributed by atoms with van der Waals surface area (Å²) in [5.74, 6) is 0. The van der Waals surface area contributed by atoms with E-state index < -0.39 is 37.0 Å². The molecule has 186 valence electrons. The fourth-order valence-corrected chi connectivity index (χ4v) is 4.51. The Kier molecular flexibility index (Phi) is 9.92. The predicted octanol–water partition coefficient (Wildman–Crippen LogP) is 5.15. The molecular formula is C28H38O6. The zero-order valence-corrected chi connectivity index (χ0v) is 20.1. The van der Waals surface area contributed by atoms with Crippen molar-refractivity contribution in [3.63, 3.8) is 0 Å². The lowest BCUT2D eigenvalue weighted by atomic mass is 9.97. The maximum atomic E-state index is 11.3. The van der Waals surface area contributed by atoms with Crippen LogP contribution < -0.4 is 0 Å². The van der Waals surface area contributed by atoms with Gasteiger partial charge in [-0.15, -0.1) is 0 Å². The van der Waals surface area contributed by atoms with E-state index in [1.807, 2.05) is 60.7 Å². The largest absolute Gasteiger partial charge is 0.387 e. The Morgan fingerprint density at radius 3 is 2.32 bits per heavy atom. The van der Waals surface area contributed by atoms with Crippen molar-refractivity contribution in [2.45, 2.75) is 89.1 Å². The van der Waals surface area contributed by atoms with Crippen LogP contribution in [0, 0.1) is 0 Å². The lowest BCUT2D eigenvalue weighted by molar-refractivity contribution is -0.367. The summed E-state index contributed by atoms with van der Waals surface area (Å²) in [5.41, 5.74) is 1.94. The molecule has 2 aromatic rings. The summed E-state index contributed by atoms with van der Waals surface area (Å²) in [6.07, 6.45) is 3.34. The molecule has 0 saturated carbocycles. The van der Waals surface area contributed by atoms with Gasteiger partial charge in [0.05, 0.1) is 13.2 Å². The molecule has 1 N–H and O–H groups in total. The molecule has 2 saturated heterocycles. The number of ether oxygens (including phenoxy) is 5. The number of aliphatic hydroxyl groups is 1. The summed E-state index contributed by atoms with van der Waals surface area (Å²) in [6, 6.07) is 19.7. The van der Waals surface area contributed by atoms with Crippen molar-refractivity contribution in [3.8, 4) is 0 Å². The highest BCUT2D eigenvalue weighted by Crippen LogP contribution is 2.35. The number of fused-ring (bicyclic) bond motifs is 1. The monoisotopic (exact) mass is 470 g/mol. The minimum Gasteiger partial charge on any atom is -0.387 e. The third-order valence-electron chi connectivity index (χ3n) is 6.45. The van der Waals surface area contributed by atoms with Crippen LogP contribution >= 0.6 is 0 Å². The van der Waals surface area contributed by atoms with Gasteiger partial charge in [-0.05, 0) is 12.0 Å². The molecule has 1 unspecified atom stereocenters. The Morgan fingerprint density at radius 2 is 1.56 bits per heavy atom. The highest BCUT2D eigenvalue weighted by atomic mass is 16.8. The number of aliphatic hydroxyl groups excluding tert-OH is 1. The zero-order chi connectivity index (χ0) is 23.6. The van der Waals surface area contributed by atoms with Gasteiger partial charge in [-0.3, -0.25) is 0 Å². The Morgan fingerprint density at radius 1 is 0.853 bits per heavy atom. The number of benzene rings is 2. The Hall–Kier alpha value is -1.80. The maximum Gasteiger partial charge on any atom is 0.186 e. The summed E-state index contributed by atoms with van der Waals surface area (Å²) in [5, 5.41) is 11.3. The maximum absolute atomic E-state index is 11.3. The summed E-state index contributed by atoms with van der Waals surface area (Å²) < 4.78 is 30.6. The average molecular weight is 471 g/mol. The van der Waals surface area contributed by atoms with Gasteiger partial charge >= 0.3 is 0 Å². The highest BCUT2D eigenvalue weighted by Gasteiger charge is 2.50. The van der Waals surface area contributed by atoms with Crippen molar-refractivity contribution in [1.82, 2.24) is 0 Å². The van der Waals surface area contributed by atoms with E-state index in [9.17, 15) is 5.11 Å². The minimum atomic E-state index is -0.896. The standard InChI is InChI=1S/C28H38O6/c1-2-3-4-5-6-13-18-30-28-26(31-19-21-14-9-7-10-15-21)24(29)25-23(33-28)20-32-27(34-25)22-16-11-8-12-17-22/h7-12,14-17,23-29H,2-6,13,18-20H2,1H3/t23-,24+,25-,26-,27?,28+/m1/s1. The van der Waals surface area contributed by atoms with Crippen molar-refractivity contribution in [1.29, 1.82) is 0 Å². The molecule has 0 amide bonds. The van der Waals surface area contributed by atoms with Gasteiger partial charge in [-0.2, -0.15) is 0 Å². The molecule has 4 rings (SSSR count). The van der Waals surface area contributed by atoms with Crippen LogP contribution in [0.2, 0.25) is 0 Å². The second-order valence-electron chi connectivity index (χ2n) is 9.11. The van der Waals surface area contributed by atoms with Crippen LogP contribution in [-0.2, 0) is 30.3 Å². The molecule has 0 bridgehead atoms. The fourth-order valence-electron chi connectivity index (χ4n) is 4.51. The van der Waals surface area contributed by atoms with E-state index in [1.165, 1.54) is 25.7 Å². The smallest absolute Gasteiger partial charge is 0.186 e. The number of rotatable bonds is 12. The van der Waals surface area contributed by atoms with Gasteiger partial charge in [0.2, 0.25) is 0 Å². The third-order valence-corrected chi connectivity index (χ3v) is 6.45. The van der Waals surface area contributed by atoms with Crippen molar-refractivity contribution in [3.05, 3.63) is 71.8 Å². The van der Waals surface area contributed by atoms with E-state index in [0.717, 1.165) is 24.0 Å². The molecule has 34 heavy (non-hydrogen) atoms. The van der Waals surface area contributed by atoms with Crippen LogP contribution in [0.25, 0.3) is 0 Å². The third kappa shape index (κ3) is 6.87. The molecule has 6 atom stereocenters. The first kappa shape index (κ1) is 25.3. The second kappa shape index (κ2) is 13.3. The van der Waals surface area contributed by atoms with Gasteiger partial charge in [-0.1, -0.05) is 99.7 Å². The summed E-state index contributed by atoms with van der Waals surface area (Å²) >= 11 is 0. The fraction of sp³-hybridized carbons (Fsp3) is 0.571. The first-order chi connectivity index (χ1) is 16.8. The first-order valence-corrected chi connectivity index (χ1v) is 12.7. The highest BCUT2D eigenvalue weighted by molar-refractivity contribution is 5.17. The summed E-state index contributed by atoms with van der Waals surface area (Å²) in [4.78, 5) is 0. The van der Waals surface area contributed by atoms with Crippen LogP contribution in [0.15, 0.2) is 60.7 Å². The number of hydrogen-bond acceptors (Lipinski definition) is 6. The quantitative estimate of drug-likeness (QED) is 0.433. The van der Waals surface area contributed by atoms with E-state index in [0.29, 0.717) is 19.8 Å². The Labute approximate surface area is 203 Å². The van der Waals surface area contributed by atoms with E-state index in [-0.39, 0.29) is 0 Å². The molecule has 2 aliphatic heterocycles. The van der Waals surface area contributed by atoms with Crippen LogP contribution in [0.4, 0.5) is 0 Å². The van der Waals surface area contributed by atoms with Gasteiger partial charge in [0.25, 0.3) is 0 Å². The first-order valence-electron chi connectivity index (χ1n) is 12.7. The van der Waals surface area contributed by atoms with Crippen LogP contribution in [0.5, 0.6) is 0 Å². The van der Waals surface area contributed by atoms with E-state index >= 15 is 0 Å².